The first-order chi connectivity index (χ1) is 15.8. The highest BCUT2D eigenvalue weighted by Crippen LogP contribution is 2.56. The van der Waals surface area contributed by atoms with Crippen LogP contribution in [-0.2, 0) is 20.7 Å². The number of nitrogens with zero attached hydrogens (tertiary/aromatic N) is 2. The third-order valence-corrected chi connectivity index (χ3v) is 6.71. The number of aromatic nitrogens is 2. The number of anilines is 1. The van der Waals surface area contributed by atoms with Crippen molar-refractivity contribution in [3.05, 3.63) is 52.7 Å². The van der Waals surface area contributed by atoms with Crippen molar-refractivity contribution in [2.75, 3.05) is 18.5 Å². The summed E-state index contributed by atoms with van der Waals surface area (Å²) in [5.74, 6) is -0.0589. The molecule has 2 heterocycles. The second kappa shape index (κ2) is 8.57. The molecule has 0 spiro atoms. The number of hydrogen-bond acceptors (Lipinski definition) is 6. The molecule has 176 valence electrons. The van der Waals surface area contributed by atoms with Crippen LogP contribution in [0.1, 0.15) is 67.3 Å². The number of halogens is 3. The molecule has 1 aromatic heterocycles. The summed E-state index contributed by atoms with van der Waals surface area (Å²) in [7, 11) is 0. The van der Waals surface area contributed by atoms with E-state index in [2.05, 4.69) is 20.6 Å². The molecule has 4 aliphatic rings. The number of benzene rings is 1. The number of ether oxygens (including phenoxy) is 2. The first-order valence-electron chi connectivity index (χ1n) is 11.1. The molecule has 4 fully saturated rings. The summed E-state index contributed by atoms with van der Waals surface area (Å²) < 4.78 is 52.3. The van der Waals surface area contributed by atoms with Gasteiger partial charge in [0.1, 0.15) is 18.0 Å². The number of amides is 1. The van der Waals surface area contributed by atoms with Crippen molar-refractivity contribution < 1.29 is 27.4 Å². The van der Waals surface area contributed by atoms with E-state index in [4.69, 9.17) is 9.47 Å². The minimum atomic E-state index is -2.92. The van der Waals surface area contributed by atoms with Crippen molar-refractivity contribution in [1.29, 1.82) is 0 Å². The highest BCUT2D eigenvalue weighted by atomic mass is 19.3. The Kier molecular flexibility index (Phi) is 5.74. The fourth-order valence-corrected chi connectivity index (χ4v) is 4.94. The summed E-state index contributed by atoms with van der Waals surface area (Å²) in [6, 6.07) is 3.21. The summed E-state index contributed by atoms with van der Waals surface area (Å²) in [5, 5.41) is 6.19. The maximum atomic E-state index is 14.7. The van der Waals surface area contributed by atoms with Gasteiger partial charge < -0.3 is 20.1 Å². The van der Waals surface area contributed by atoms with Crippen molar-refractivity contribution in [3.63, 3.8) is 0 Å². The number of alkyl halides is 2. The van der Waals surface area contributed by atoms with Gasteiger partial charge in [0.05, 0.1) is 42.5 Å². The van der Waals surface area contributed by atoms with Crippen molar-refractivity contribution in [1.82, 2.24) is 15.3 Å². The van der Waals surface area contributed by atoms with Gasteiger partial charge in [0.25, 0.3) is 6.43 Å². The number of carbonyl (C=O) groups excluding carboxylic acids is 1. The normalized spacial score (nSPS) is 24.8. The zero-order valence-electron chi connectivity index (χ0n) is 18.1. The molecular weight excluding hydrogens is 437 g/mol. The van der Waals surface area contributed by atoms with Crippen LogP contribution in [0.3, 0.4) is 0 Å². The fraction of sp³-hybridized carbons (Fsp3) is 0.522. The van der Waals surface area contributed by atoms with Crippen LogP contribution in [0.25, 0.3) is 0 Å². The van der Waals surface area contributed by atoms with Crippen LogP contribution < -0.4 is 10.6 Å². The first kappa shape index (κ1) is 22.1. The predicted molar refractivity (Wildman–Crippen MR) is 112 cm³/mol. The molecule has 7 nitrogen and oxygen atoms in total. The second-order valence-electron chi connectivity index (χ2n) is 9.06. The Hall–Kier alpha value is -2.72. The van der Waals surface area contributed by atoms with Crippen molar-refractivity contribution in [2.24, 2.45) is 5.92 Å². The second-order valence-corrected chi connectivity index (χ2v) is 9.06. The zero-order valence-corrected chi connectivity index (χ0v) is 18.1. The number of carbonyl (C=O) groups is 1. The van der Waals surface area contributed by atoms with E-state index in [1.807, 2.05) is 0 Å². The van der Waals surface area contributed by atoms with Gasteiger partial charge >= 0.3 is 0 Å². The van der Waals surface area contributed by atoms with Crippen LogP contribution in [-0.4, -0.2) is 34.6 Å². The molecule has 1 atom stereocenters. The molecule has 3 saturated carbocycles. The van der Waals surface area contributed by atoms with E-state index in [0.717, 1.165) is 31.2 Å². The maximum absolute atomic E-state index is 14.7. The summed E-state index contributed by atoms with van der Waals surface area (Å²) in [5.41, 5.74) is 0.265. The van der Waals surface area contributed by atoms with E-state index in [1.54, 1.807) is 6.92 Å². The molecule has 0 radical (unpaired) electrons. The quantitative estimate of drug-likeness (QED) is 0.617. The average molecular weight is 462 g/mol. The Bertz CT molecular complexity index is 1040. The van der Waals surface area contributed by atoms with E-state index < -0.39 is 30.1 Å². The molecular formula is C23H25F3N4O3. The number of rotatable bonds is 8. The standard InChI is InChI=1S/C23H25F3N4O3/c1-12(14-3-2-4-15(19(14)24)20(25)26)29-21-18(22-32-5-6-33-22)16(27-11-28-21)7-17(31)30-23-8-13(9-23)10-23/h2-4,11-13,20,22H,5-10H2,1H3,(H,30,31)(H,27,28,29)/t12-,13?,23?/m1/s1. The van der Waals surface area contributed by atoms with Crippen LogP contribution in [0.4, 0.5) is 19.0 Å². The molecule has 1 amide bonds. The average Bonchev–Trinajstić information content (AvgIpc) is 3.24. The molecule has 6 rings (SSSR count). The Labute approximate surface area is 189 Å². The highest BCUT2D eigenvalue weighted by Gasteiger charge is 2.57. The van der Waals surface area contributed by atoms with Gasteiger partial charge in [-0.1, -0.05) is 18.2 Å². The Morgan fingerprint density at radius 1 is 1.18 bits per heavy atom. The van der Waals surface area contributed by atoms with Crippen LogP contribution in [0.5, 0.6) is 0 Å². The maximum Gasteiger partial charge on any atom is 0.266 e. The van der Waals surface area contributed by atoms with Gasteiger partial charge in [-0.3, -0.25) is 4.79 Å². The SMILES string of the molecule is C[C@@H](Nc1ncnc(CC(=O)NC23CC(C2)C3)c1C1OCCO1)c1cccc(C(F)F)c1F. The van der Waals surface area contributed by atoms with Gasteiger partial charge in [0.2, 0.25) is 5.91 Å². The molecule has 33 heavy (non-hydrogen) atoms. The van der Waals surface area contributed by atoms with Crippen LogP contribution in [0.2, 0.25) is 0 Å². The highest BCUT2D eigenvalue weighted by molar-refractivity contribution is 5.80. The lowest BCUT2D eigenvalue weighted by Gasteiger charge is -2.61. The van der Waals surface area contributed by atoms with Crippen molar-refractivity contribution in [3.8, 4) is 0 Å². The molecule has 0 unspecified atom stereocenters. The molecule has 3 aliphatic carbocycles. The zero-order chi connectivity index (χ0) is 23.2. The van der Waals surface area contributed by atoms with E-state index in [1.165, 1.54) is 18.5 Å². The summed E-state index contributed by atoms with van der Waals surface area (Å²) in [6.07, 6.45) is 0.705. The first-order valence-corrected chi connectivity index (χ1v) is 11.1. The van der Waals surface area contributed by atoms with Crippen molar-refractivity contribution in [2.45, 2.75) is 56.9 Å². The van der Waals surface area contributed by atoms with E-state index in [-0.39, 0.29) is 23.4 Å². The van der Waals surface area contributed by atoms with E-state index >= 15 is 0 Å². The molecule has 2 N–H and O–H groups in total. The molecule has 1 saturated heterocycles. The molecule has 2 bridgehead atoms. The smallest absolute Gasteiger partial charge is 0.266 e. The van der Waals surface area contributed by atoms with Gasteiger partial charge in [0, 0.05) is 11.1 Å². The molecule has 1 aliphatic heterocycles. The number of hydrogen-bond donors (Lipinski definition) is 2. The van der Waals surface area contributed by atoms with Gasteiger partial charge in [0.15, 0.2) is 6.29 Å². The van der Waals surface area contributed by atoms with Crippen LogP contribution in [0, 0.1) is 11.7 Å². The number of nitrogens with one attached hydrogen (secondary N) is 2. The Balaban J connectivity index is 1.40. The van der Waals surface area contributed by atoms with E-state index in [0.29, 0.717) is 30.3 Å². The van der Waals surface area contributed by atoms with Crippen LogP contribution >= 0.6 is 0 Å². The van der Waals surface area contributed by atoms with Crippen molar-refractivity contribution >= 4 is 11.7 Å². The summed E-state index contributed by atoms with van der Waals surface area (Å²) >= 11 is 0. The van der Waals surface area contributed by atoms with Gasteiger partial charge in [-0.2, -0.15) is 0 Å². The third-order valence-electron chi connectivity index (χ3n) is 6.71. The fourth-order valence-electron chi connectivity index (χ4n) is 4.94. The topological polar surface area (TPSA) is 85.4 Å². The van der Waals surface area contributed by atoms with E-state index in [9.17, 15) is 18.0 Å². The van der Waals surface area contributed by atoms with Gasteiger partial charge in [-0.25, -0.2) is 23.1 Å². The lowest BCUT2D eigenvalue weighted by atomic mass is 9.50. The largest absolute Gasteiger partial charge is 0.363 e. The third kappa shape index (κ3) is 4.17. The minimum absolute atomic E-state index is 0.0196. The summed E-state index contributed by atoms with van der Waals surface area (Å²) in [6.45, 7) is 2.39. The lowest BCUT2D eigenvalue weighted by molar-refractivity contribution is -0.132. The molecule has 10 heteroatoms. The monoisotopic (exact) mass is 462 g/mol. The predicted octanol–water partition coefficient (Wildman–Crippen LogP) is 3.98. The Morgan fingerprint density at radius 2 is 1.88 bits per heavy atom. The summed E-state index contributed by atoms with van der Waals surface area (Å²) in [4.78, 5) is 21.3. The Morgan fingerprint density at radius 3 is 2.52 bits per heavy atom. The van der Waals surface area contributed by atoms with Gasteiger partial charge in [-0.15, -0.1) is 0 Å². The molecule has 1 aromatic carbocycles. The minimum Gasteiger partial charge on any atom is -0.363 e. The lowest BCUT2D eigenvalue weighted by Crippen LogP contribution is -2.68. The van der Waals surface area contributed by atoms with Crippen LogP contribution in [0.15, 0.2) is 24.5 Å². The van der Waals surface area contributed by atoms with Gasteiger partial charge in [-0.05, 0) is 32.1 Å². The molecule has 2 aromatic rings.